The monoisotopic (exact) mass is 281 g/mol. The predicted molar refractivity (Wildman–Crippen MR) is 81.9 cm³/mol. The van der Waals surface area contributed by atoms with Gasteiger partial charge in [0.25, 0.3) is 5.56 Å². The number of hydrazine groups is 1. The first kappa shape index (κ1) is 13.3. The van der Waals surface area contributed by atoms with Crippen LogP contribution < -0.4 is 16.8 Å². The number of hydrogen-bond donors (Lipinski definition) is 2. The zero-order valence-electron chi connectivity index (χ0n) is 11.6. The van der Waals surface area contributed by atoms with Crippen molar-refractivity contribution in [2.24, 2.45) is 5.84 Å². The van der Waals surface area contributed by atoms with Gasteiger partial charge in [-0.3, -0.25) is 20.2 Å². The Kier molecular flexibility index (Phi) is 3.37. The topological polar surface area (TPSA) is 85.8 Å². The SMILES string of the molecule is Cc1nc2ccccc2n(Cc2cc(NN)ccn2)c1=O. The number of nitrogens with one attached hydrogen (secondary N) is 1. The number of hydrogen-bond acceptors (Lipinski definition) is 5. The van der Waals surface area contributed by atoms with Crippen LogP contribution in [0.3, 0.4) is 0 Å². The molecule has 0 radical (unpaired) electrons. The van der Waals surface area contributed by atoms with Crippen molar-refractivity contribution < 1.29 is 0 Å². The Morgan fingerprint density at radius 3 is 2.90 bits per heavy atom. The molecule has 3 N–H and O–H groups in total. The van der Waals surface area contributed by atoms with E-state index >= 15 is 0 Å². The Balaban J connectivity index is 2.15. The van der Waals surface area contributed by atoms with Crippen molar-refractivity contribution in [3.8, 4) is 0 Å². The second-order valence-corrected chi connectivity index (χ2v) is 4.76. The Morgan fingerprint density at radius 1 is 1.29 bits per heavy atom. The molecule has 106 valence electrons. The smallest absolute Gasteiger partial charge is 0.272 e. The molecule has 6 heteroatoms. The van der Waals surface area contributed by atoms with E-state index < -0.39 is 0 Å². The van der Waals surface area contributed by atoms with Gasteiger partial charge in [-0.1, -0.05) is 12.1 Å². The molecule has 2 aromatic heterocycles. The van der Waals surface area contributed by atoms with Crippen LogP contribution in [0.15, 0.2) is 47.4 Å². The molecule has 0 aliphatic rings. The van der Waals surface area contributed by atoms with Gasteiger partial charge in [-0.25, -0.2) is 4.98 Å². The molecule has 0 spiro atoms. The van der Waals surface area contributed by atoms with E-state index in [1.807, 2.05) is 30.3 Å². The lowest BCUT2D eigenvalue weighted by Gasteiger charge is -2.11. The fourth-order valence-electron chi connectivity index (χ4n) is 2.29. The van der Waals surface area contributed by atoms with E-state index in [0.29, 0.717) is 12.2 Å². The minimum absolute atomic E-state index is 0.110. The lowest BCUT2D eigenvalue weighted by molar-refractivity contribution is 0.756. The number of fused-ring (bicyclic) bond motifs is 1. The summed E-state index contributed by atoms with van der Waals surface area (Å²) in [6.45, 7) is 2.09. The molecule has 3 aromatic rings. The second kappa shape index (κ2) is 5.34. The fourth-order valence-corrected chi connectivity index (χ4v) is 2.29. The molecule has 0 unspecified atom stereocenters. The average Bonchev–Trinajstić information content (AvgIpc) is 2.52. The molecule has 0 amide bonds. The standard InChI is InChI=1S/C15H15N5O/c1-10-15(21)20(14-5-3-2-4-13(14)18-10)9-12-8-11(19-16)6-7-17-12/h2-8H,9,16H2,1H3,(H,17,19). The van der Waals surface area contributed by atoms with E-state index in [-0.39, 0.29) is 5.56 Å². The number of pyridine rings is 1. The largest absolute Gasteiger partial charge is 0.324 e. The van der Waals surface area contributed by atoms with Gasteiger partial charge in [0.1, 0.15) is 5.69 Å². The van der Waals surface area contributed by atoms with Crippen LogP contribution in [0.2, 0.25) is 0 Å². The van der Waals surface area contributed by atoms with Crippen molar-refractivity contribution in [2.75, 3.05) is 5.43 Å². The highest BCUT2D eigenvalue weighted by molar-refractivity contribution is 5.74. The highest BCUT2D eigenvalue weighted by Crippen LogP contribution is 2.12. The van der Waals surface area contributed by atoms with Gasteiger partial charge in [-0.15, -0.1) is 0 Å². The van der Waals surface area contributed by atoms with E-state index in [1.165, 1.54) is 0 Å². The molecule has 0 bridgehead atoms. The van der Waals surface area contributed by atoms with Crippen molar-refractivity contribution in [2.45, 2.75) is 13.5 Å². The molecule has 0 fully saturated rings. The summed E-state index contributed by atoms with van der Waals surface area (Å²) < 4.78 is 1.68. The third-order valence-corrected chi connectivity index (χ3v) is 3.32. The number of nitrogens with two attached hydrogens (primary N) is 1. The summed E-state index contributed by atoms with van der Waals surface area (Å²) in [6, 6.07) is 11.2. The third-order valence-electron chi connectivity index (χ3n) is 3.32. The average molecular weight is 281 g/mol. The molecule has 6 nitrogen and oxygen atoms in total. The first-order valence-electron chi connectivity index (χ1n) is 6.57. The van der Waals surface area contributed by atoms with Crippen molar-refractivity contribution in [1.29, 1.82) is 0 Å². The highest BCUT2D eigenvalue weighted by Gasteiger charge is 2.09. The fraction of sp³-hybridized carbons (Fsp3) is 0.133. The van der Waals surface area contributed by atoms with Gasteiger partial charge in [-0.05, 0) is 31.2 Å². The second-order valence-electron chi connectivity index (χ2n) is 4.76. The van der Waals surface area contributed by atoms with Crippen LogP contribution in [-0.4, -0.2) is 14.5 Å². The van der Waals surface area contributed by atoms with Crippen LogP contribution in [-0.2, 0) is 6.54 Å². The number of aryl methyl sites for hydroxylation is 1. The van der Waals surface area contributed by atoms with Gasteiger partial charge in [0, 0.05) is 6.20 Å². The van der Waals surface area contributed by atoms with Crippen LogP contribution >= 0.6 is 0 Å². The number of benzene rings is 1. The maximum absolute atomic E-state index is 12.4. The van der Waals surface area contributed by atoms with E-state index in [9.17, 15) is 4.79 Å². The summed E-state index contributed by atoms with van der Waals surface area (Å²) in [5, 5.41) is 0. The van der Waals surface area contributed by atoms with Crippen LogP contribution in [0.4, 0.5) is 5.69 Å². The minimum Gasteiger partial charge on any atom is -0.324 e. The lowest BCUT2D eigenvalue weighted by Crippen LogP contribution is -2.25. The van der Waals surface area contributed by atoms with Crippen molar-refractivity contribution in [1.82, 2.24) is 14.5 Å². The number of rotatable bonds is 3. The molecule has 21 heavy (non-hydrogen) atoms. The number of anilines is 1. The first-order chi connectivity index (χ1) is 10.2. The molecule has 0 aliphatic carbocycles. The maximum atomic E-state index is 12.4. The zero-order valence-corrected chi connectivity index (χ0v) is 11.6. The van der Waals surface area contributed by atoms with Crippen LogP contribution in [0.1, 0.15) is 11.4 Å². The zero-order chi connectivity index (χ0) is 14.8. The van der Waals surface area contributed by atoms with Gasteiger partial charge in [-0.2, -0.15) is 0 Å². The highest BCUT2D eigenvalue weighted by atomic mass is 16.1. The summed E-state index contributed by atoms with van der Waals surface area (Å²) >= 11 is 0. The quantitative estimate of drug-likeness (QED) is 0.560. The summed E-state index contributed by atoms with van der Waals surface area (Å²) in [5.41, 5.74) is 6.03. The first-order valence-corrected chi connectivity index (χ1v) is 6.57. The van der Waals surface area contributed by atoms with E-state index in [1.54, 1.807) is 23.8 Å². The van der Waals surface area contributed by atoms with Gasteiger partial charge in [0.15, 0.2) is 0 Å². The van der Waals surface area contributed by atoms with Crippen molar-refractivity contribution in [3.05, 3.63) is 64.3 Å². The molecule has 0 atom stereocenters. The normalized spacial score (nSPS) is 10.8. The van der Waals surface area contributed by atoms with E-state index in [0.717, 1.165) is 22.4 Å². The Labute approximate surface area is 121 Å². The molecule has 1 aromatic carbocycles. The number of aromatic nitrogens is 3. The van der Waals surface area contributed by atoms with Gasteiger partial charge in [0.05, 0.1) is 29.0 Å². The molecular formula is C15H15N5O. The summed E-state index contributed by atoms with van der Waals surface area (Å²) in [7, 11) is 0. The summed E-state index contributed by atoms with van der Waals surface area (Å²) in [5.74, 6) is 5.40. The Morgan fingerprint density at radius 2 is 2.10 bits per heavy atom. The predicted octanol–water partition coefficient (Wildman–Crippen LogP) is 1.43. The minimum atomic E-state index is -0.110. The maximum Gasteiger partial charge on any atom is 0.272 e. The summed E-state index contributed by atoms with van der Waals surface area (Å²) in [4.78, 5) is 21.0. The molecule has 2 heterocycles. The Hall–Kier alpha value is -2.73. The van der Waals surface area contributed by atoms with Crippen molar-refractivity contribution in [3.63, 3.8) is 0 Å². The third kappa shape index (κ3) is 2.48. The van der Waals surface area contributed by atoms with Crippen LogP contribution in [0, 0.1) is 6.92 Å². The lowest BCUT2D eigenvalue weighted by atomic mass is 10.2. The molecule has 0 aliphatic heterocycles. The van der Waals surface area contributed by atoms with Gasteiger partial charge in [0.2, 0.25) is 0 Å². The number of nitrogens with zero attached hydrogens (tertiary/aromatic N) is 3. The van der Waals surface area contributed by atoms with Gasteiger partial charge >= 0.3 is 0 Å². The van der Waals surface area contributed by atoms with E-state index in [4.69, 9.17) is 5.84 Å². The van der Waals surface area contributed by atoms with Crippen LogP contribution in [0.5, 0.6) is 0 Å². The molecule has 0 saturated carbocycles. The Bertz CT molecular complexity index is 856. The van der Waals surface area contributed by atoms with Gasteiger partial charge < -0.3 is 5.43 Å². The van der Waals surface area contributed by atoms with E-state index in [2.05, 4.69) is 15.4 Å². The molecule has 0 saturated heterocycles. The molecular weight excluding hydrogens is 266 g/mol. The van der Waals surface area contributed by atoms with Crippen LogP contribution in [0.25, 0.3) is 11.0 Å². The number of nitrogen functional groups attached to an aromatic ring is 1. The van der Waals surface area contributed by atoms with Crippen molar-refractivity contribution >= 4 is 16.7 Å². The molecule has 3 rings (SSSR count). The number of para-hydroxylation sites is 2. The summed E-state index contributed by atoms with van der Waals surface area (Å²) in [6.07, 6.45) is 1.66.